The zero-order valence-corrected chi connectivity index (χ0v) is 13.0. The molecule has 1 saturated heterocycles. The number of thioether (sulfide) groups is 1. The van der Waals surface area contributed by atoms with Crippen molar-refractivity contribution in [3.8, 4) is 5.75 Å². The molecule has 0 N–H and O–H groups in total. The molecule has 1 aromatic carbocycles. The number of amides is 1. The maximum Gasteiger partial charge on any atom is 0.330 e. The van der Waals surface area contributed by atoms with Crippen LogP contribution in [0.3, 0.4) is 0 Å². The Hall–Kier alpha value is -1.69. The Morgan fingerprint density at radius 3 is 2.86 bits per heavy atom. The maximum absolute atomic E-state index is 12.5. The van der Waals surface area contributed by atoms with Crippen molar-refractivity contribution in [3.05, 3.63) is 29.8 Å². The van der Waals surface area contributed by atoms with Crippen molar-refractivity contribution in [3.63, 3.8) is 0 Å². The van der Waals surface area contributed by atoms with Gasteiger partial charge in [-0.1, -0.05) is 18.2 Å². The number of methoxy groups -OCH3 is 1. The van der Waals surface area contributed by atoms with Crippen molar-refractivity contribution in [1.29, 1.82) is 0 Å². The third-order valence-electron chi connectivity index (χ3n) is 3.85. The van der Waals surface area contributed by atoms with Crippen LogP contribution in [0, 0.1) is 0 Å². The first-order chi connectivity index (χ1) is 9.95. The van der Waals surface area contributed by atoms with Crippen molar-refractivity contribution < 1.29 is 19.1 Å². The van der Waals surface area contributed by atoms with E-state index in [0.29, 0.717) is 5.75 Å². The molecule has 2 heterocycles. The summed E-state index contributed by atoms with van der Waals surface area (Å²) in [7, 11) is 1.35. The smallest absolute Gasteiger partial charge is 0.330 e. The van der Waals surface area contributed by atoms with E-state index in [1.54, 1.807) is 16.7 Å². The van der Waals surface area contributed by atoms with Crippen LogP contribution < -0.4 is 4.74 Å². The SMILES string of the molecule is COC(=O)[C@@H]1N2C(=O)COc3ccccc3[C@@H]2SC1(C)C. The van der Waals surface area contributed by atoms with Crippen molar-refractivity contribution in [2.75, 3.05) is 13.7 Å². The van der Waals surface area contributed by atoms with Crippen LogP contribution >= 0.6 is 11.8 Å². The van der Waals surface area contributed by atoms with Gasteiger partial charge < -0.3 is 14.4 Å². The molecule has 112 valence electrons. The first-order valence-electron chi connectivity index (χ1n) is 6.74. The maximum atomic E-state index is 12.5. The predicted molar refractivity (Wildman–Crippen MR) is 79.0 cm³/mol. The minimum Gasteiger partial charge on any atom is -0.483 e. The lowest BCUT2D eigenvalue weighted by Crippen LogP contribution is -2.50. The number of ether oxygens (including phenoxy) is 2. The first kappa shape index (κ1) is 14.3. The van der Waals surface area contributed by atoms with Gasteiger partial charge in [0.2, 0.25) is 0 Å². The fraction of sp³-hybridized carbons (Fsp3) is 0.467. The standard InChI is InChI=1S/C15H17NO4S/c1-15(2)12(14(18)19-3)16-11(17)8-20-10-7-5-4-6-9(10)13(16)21-15/h4-7,12-13H,8H2,1-3H3/t12-,13-/m0/s1. The van der Waals surface area contributed by atoms with E-state index < -0.39 is 10.8 Å². The number of carbonyl (C=O) groups excluding carboxylic acids is 2. The molecule has 0 radical (unpaired) electrons. The van der Waals surface area contributed by atoms with Crippen molar-refractivity contribution in [2.45, 2.75) is 30.0 Å². The number of hydrogen-bond donors (Lipinski definition) is 0. The number of nitrogens with zero attached hydrogens (tertiary/aromatic N) is 1. The van der Waals surface area contributed by atoms with Crippen LogP contribution in [-0.4, -0.2) is 41.3 Å². The zero-order valence-electron chi connectivity index (χ0n) is 12.2. The Bertz CT molecular complexity index is 601. The summed E-state index contributed by atoms with van der Waals surface area (Å²) in [5.41, 5.74) is 0.924. The first-order valence-corrected chi connectivity index (χ1v) is 7.62. The van der Waals surface area contributed by atoms with E-state index >= 15 is 0 Å². The molecular weight excluding hydrogens is 290 g/mol. The van der Waals surface area contributed by atoms with E-state index in [4.69, 9.17) is 9.47 Å². The van der Waals surface area contributed by atoms with Crippen LogP contribution in [0.25, 0.3) is 0 Å². The molecular formula is C15H17NO4S. The van der Waals surface area contributed by atoms with Crippen LogP contribution in [0.5, 0.6) is 5.75 Å². The van der Waals surface area contributed by atoms with Gasteiger partial charge in [0.1, 0.15) is 17.2 Å². The zero-order chi connectivity index (χ0) is 15.2. The van der Waals surface area contributed by atoms with Gasteiger partial charge in [0.05, 0.1) is 7.11 Å². The molecule has 5 nitrogen and oxygen atoms in total. The molecule has 0 saturated carbocycles. The van der Waals surface area contributed by atoms with Crippen LogP contribution in [0.15, 0.2) is 24.3 Å². The lowest BCUT2D eigenvalue weighted by Gasteiger charge is -2.29. The molecule has 2 aliphatic heterocycles. The second-order valence-electron chi connectivity index (χ2n) is 5.63. The second-order valence-corrected chi connectivity index (χ2v) is 7.36. The molecule has 0 aromatic heterocycles. The Morgan fingerprint density at radius 2 is 2.14 bits per heavy atom. The number of benzene rings is 1. The monoisotopic (exact) mass is 307 g/mol. The minimum atomic E-state index is -0.611. The van der Waals surface area contributed by atoms with E-state index in [0.717, 1.165) is 5.56 Å². The normalized spacial score (nSPS) is 26.4. The van der Waals surface area contributed by atoms with E-state index in [1.807, 2.05) is 38.1 Å². The topological polar surface area (TPSA) is 55.8 Å². The van der Waals surface area contributed by atoms with Gasteiger partial charge >= 0.3 is 5.97 Å². The van der Waals surface area contributed by atoms with E-state index in [2.05, 4.69) is 0 Å². The van der Waals surface area contributed by atoms with Gasteiger partial charge in [0.25, 0.3) is 5.91 Å². The molecule has 6 heteroatoms. The molecule has 0 unspecified atom stereocenters. The third-order valence-corrected chi connectivity index (χ3v) is 5.39. The third kappa shape index (κ3) is 2.18. The van der Waals surface area contributed by atoms with Crippen LogP contribution in [0.1, 0.15) is 24.8 Å². The van der Waals surface area contributed by atoms with Crippen LogP contribution in [-0.2, 0) is 14.3 Å². The summed E-state index contributed by atoms with van der Waals surface area (Å²) in [6.07, 6.45) is 0. The van der Waals surface area contributed by atoms with E-state index in [-0.39, 0.29) is 23.9 Å². The summed E-state index contributed by atoms with van der Waals surface area (Å²) in [5, 5.41) is -0.227. The van der Waals surface area contributed by atoms with Gasteiger partial charge in [-0.25, -0.2) is 4.79 Å². The fourth-order valence-corrected chi connectivity index (χ4v) is 4.50. The Balaban J connectivity index is 2.11. The van der Waals surface area contributed by atoms with Gasteiger partial charge in [-0.15, -0.1) is 11.8 Å². The summed E-state index contributed by atoms with van der Waals surface area (Å²) in [4.78, 5) is 26.3. The fourth-order valence-electron chi connectivity index (χ4n) is 2.91. The van der Waals surface area contributed by atoms with Gasteiger partial charge in [-0.3, -0.25) is 4.79 Å². The lowest BCUT2D eigenvalue weighted by atomic mass is 10.0. The van der Waals surface area contributed by atoms with E-state index in [9.17, 15) is 9.59 Å². The Kier molecular flexibility index (Phi) is 3.36. The predicted octanol–water partition coefficient (Wildman–Crippen LogP) is 1.97. The van der Waals surface area contributed by atoms with Gasteiger partial charge in [-0.05, 0) is 19.9 Å². The summed E-state index contributed by atoms with van der Waals surface area (Å²) >= 11 is 1.59. The molecule has 0 bridgehead atoms. The molecule has 3 rings (SSSR count). The number of para-hydroxylation sites is 1. The highest BCUT2D eigenvalue weighted by Gasteiger charge is 2.55. The van der Waals surface area contributed by atoms with Gasteiger partial charge in [0.15, 0.2) is 6.61 Å². The highest BCUT2D eigenvalue weighted by atomic mass is 32.2. The molecule has 1 amide bonds. The van der Waals surface area contributed by atoms with Gasteiger partial charge in [-0.2, -0.15) is 0 Å². The van der Waals surface area contributed by atoms with Crippen molar-refractivity contribution in [2.24, 2.45) is 0 Å². The Morgan fingerprint density at radius 1 is 1.43 bits per heavy atom. The minimum absolute atomic E-state index is 0.0579. The van der Waals surface area contributed by atoms with Crippen LogP contribution in [0.2, 0.25) is 0 Å². The van der Waals surface area contributed by atoms with Crippen LogP contribution in [0.4, 0.5) is 0 Å². The summed E-state index contributed by atoms with van der Waals surface area (Å²) in [5.74, 6) is 0.125. The summed E-state index contributed by atoms with van der Waals surface area (Å²) < 4.78 is 10.1. The quantitative estimate of drug-likeness (QED) is 0.743. The number of esters is 1. The summed E-state index contributed by atoms with van der Waals surface area (Å²) in [6.45, 7) is 3.87. The summed E-state index contributed by atoms with van der Waals surface area (Å²) in [6, 6.07) is 6.97. The highest BCUT2D eigenvalue weighted by molar-refractivity contribution is 8.01. The molecule has 2 aliphatic rings. The van der Waals surface area contributed by atoms with Crippen molar-refractivity contribution >= 4 is 23.6 Å². The molecule has 0 aliphatic carbocycles. The van der Waals surface area contributed by atoms with Crippen molar-refractivity contribution in [1.82, 2.24) is 4.90 Å². The molecule has 1 fully saturated rings. The number of carbonyl (C=O) groups is 2. The number of fused-ring (bicyclic) bond motifs is 3. The molecule has 0 spiro atoms. The average molecular weight is 307 g/mol. The number of rotatable bonds is 1. The van der Waals surface area contributed by atoms with E-state index in [1.165, 1.54) is 7.11 Å². The Labute approximate surface area is 127 Å². The lowest BCUT2D eigenvalue weighted by molar-refractivity contribution is -0.154. The largest absolute Gasteiger partial charge is 0.483 e. The highest BCUT2D eigenvalue weighted by Crippen LogP contribution is 2.54. The number of hydrogen-bond acceptors (Lipinski definition) is 5. The molecule has 21 heavy (non-hydrogen) atoms. The van der Waals surface area contributed by atoms with Gasteiger partial charge in [0, 0.05) is 10.3 Å². The molecule has 1 aromatic rings. The molecule has 2 atom stereocenters. The average Bonchev–Trinajstić information content (AvgIpc) is 2.68. The second kappa shape index (κ2) is 4.94.